The van der Waals surface area contributed by atoms with Crippen LogP contribution in [0.2, 0.25) is 0 Å². The maximum Gasteiger partial charge on any atom is 0.416 e. The van der Waals surface area contributed by atoms with Crippen molar-refractivity contribution in [1.82, 2.24) is 20.9 Å². The zero-order chi connectivity index (χ0) is 32.4. The van der Waals surface area contributed by atoms with Crippen LogP contribution in [0.15, 0.2) is 103 Å². The molecule has 3 N–H and O–H groups in total. The highest BCUT2D eigenvalue weighted by Crippen LogP contribution is 2.29. The molecule has 0 spiro atoms. The van der Waals surface area contributed by atoms with E-state index in [4.69, 9.17) is 0 Å². The molecule has 0 aliphatic heterocycles. The molecule has 1 unspecified atom stereocenters. The lowest BCUT2D eigenvalue weighted by molar-refractivity contribution is -0.137. The van der Waals surface area contributed by atoms with Crippen molar-refractivity contribution in [3.8, 4) is 11.3 Å². The summed E-state index contributed by atoms with van der Waals surface area (Å²) in [4.78, 5) is 55.7. The van der Waals surface area contributed by atoms with Crippen LogP contribution in [0.25, 0.3) is 11.3 Å². The fourth-order valence-electron chi connectivity index (χ4n) is 4.49. The smallest absolute Gasteiger partial charge is 0.347 e. The van der Waals surface area contributed by atoms with Crippen molar-refractivity contribution in [2.75, 3.05) is 6.54 Å². The SMILES string of the molecule is CC(NC(=O)Cc1cccc(-c2ccccn2)c1)C(=O)CNC(=O)[C@H](Cc1ccccc1)NC(=O)c1ccc(C(F)(F)F)cc1. The van der Waals surface area contributed by atoms with E-state index in [0.717, 1.165) is 41.1 Å². The minimum Gasteiger partial charge on any atom is -0.347 e. The lowest BCUT2D eigenvalue weighted by atomic mass is 10.0. The summed E-state index contributed by atoms with van der Waals surface area (Å²) in [5, 5.41) is 7.70. The van der Waals surface area contributed by atoms with Gasteiger partial charge in [-0.2, -0.15) is 13.2 Å². The molecular formula is C34H31F3N4O4. The van der Waals surface area contributed by atoms with Crippen LogP contribution in [0.5, 0.6) is 0 Å². The maximum atomic E-state index is 13.1. The first-order valence-electron chi connectivity index (χ1n) is 14.1. The summed E-state index contributed by atoms with van der Waals surface area (Å²) in [6, 6.07) is 23.3. The Hall–Kier alpha value is -5.32. The molecule has 3 amide bonds. The van der Waals surface area contributed by atoms with Gasteiger partial charge in [-0.1, -0.05) is 54.6 Å². The lowest BCUT2D eigenvalue weighted by Gasteiger charge is -2.20. The van der Waals surface area contributed by atoms with Crippen molar-refractivity contribution < 1.29 is 32.3 Å². The van der Waals surface area contributed by atoms with Gasteiger partial charge in [0.1, 0.15) is 6.04 Å². The molecule has 0 aliphatic rings. The van der Waals surface area contributed by atoms with Gasteiger partial charge in [-0.15, -0.1) is 0 Å². The van der Waals surface area contributed by atoms with Crippen LogP contribution in [-0.2, 0) is 33.4 Å². The normalized spacial score (nSPS) is 12.4. The van der Waals surface area contributed by atoms with Crippen LogP contribution in [0.3, 0.4) is 0 Å². The van der Waals surface area contributed by atoms with Gasteiger partial charge in [0.05, 0.1) is 30.3 Å². The van der Waals surface area contributed by atoms with E-state index in [1.165, 1.54) is 6.92 Å². The Morgan fingerprint density at radius 2 is 1.49 bits per heavy atom. The topological polar surface area (TPSA) is 117 Å². The lowest BCUT2D eigenvalue weighted by Crippen LogP contribution is -2.51. The van der Waals surface area contributed by atoms with E-state index >= 15 is 0 Å². The van der Waals surface area contributed by atoms with E-state index in [1.54, 1.807) is 42.6 Å². The number of halogens is 3. The van der Waals surface area contributed by atoms with Crippen LogP contribution < -0.4 is 16.0 Å². The van der Waals surface area contributed by atoms with Gasteiger partial charge in [0, 0.05) is 23.7 Å². The summed E-state index contributed by atoms with van der Waals surface area (Å²) in [5.41, 5.74) is 2.09. The number of Topliss-reactive ketones (excluding diaryl/α,β-unsaturated/α-hetero) is 1. The molecule has 8 nitrogen and oxygen atoms in total. The Bertz CT molecular complexity index is 1630. The van der Waals surface area contributed by atoms with E-state index in [1.807, 2.05) is 36.4 Å². The molecular weight excluding hydrogens is 585 g/mol. The number of amides is 3. The molecule has 1 heterocycles. The molecule has 4 aromatic rings. The monoisotopic (exact) mass is 616 g/mol. The van der Waals surface area contributed by atoms with Crippen molar-refractivity contribution in [2.24, 2.45) is 0 Å². The van der Waals surface area contributed by atoms with E-state index in [-0.39, 0.29) is 24.3 Å². The minimum atomic E-state index is -4.56. The second kappa shape index (κ2) is 14.9. The third-order valence-electron chi connectivity index (χ3n) is 6.93. The van der Waals surface area contributed by atoms with Crippen molar-refractivity contribution in [3.05, 3.63) is 126 Å². The fourth-order valence-corrected chi connectivity index (χ4v) is 4.49. The summed E-state index contributed by atoms with van der Waals surface area (Å²) < 4.78 is 38.8. The first-order chi connectivity index (χ1) is 21.5. The molecule has 45 heavy (non-hydrogen) atoms. The van der Waals surface area contributed by atoms with Gasteiger partial charge in [0.15, 0.2) is 5.78 Å². The molecule has 2 atom stereocenters. The highest BCUT2D eigenvalue weighted by atomic mass is 19.4. The van der Waals surface area contributed by atoms with Gasteiger partial charge in [-0.25, -0.2) is 0 Å². The number of nitrogens with zero attached hydrogens (tertiary/aromatic N) is 1. The van der Waals surface area contributed by atoms with Gasteiger partial charge in [-0.3, -0.25) is 24.2 Å². The number of nitrogens with one attached hydrogen (secondary N) is 3. The number of pyridine rings is 1. The standard InChI is InChI=1S/C34H31F3N4O4/c1-22(40-31(43)20-24-10-7-11-26(18-24)28-12-5-6-17-38-28)30(42)21-39-33(45)29(19-23-8-3-2-4-9-23)41-32(44)25-13-15-27(16-14-25)34(35,36)37/h2-18,22,29H,19-21H2,1H3,(H,39,45)(H,40,43)(H,41,44)/t22?,29-/m0/s1. The van der Waals surface area contributed by atoms with Crippen molar-refractivity contribution in [3.63, 3.8) is 0 Å². The van der Waals surface area contributed by atoms with Gasteiger partial charge in [0.2, 0.25) is 11.8 Å². The molecule has 0 saturated heterocycles. The summed E-state index contributed by atoms with van der Waals surface area (Å²) in [7, 11) is 0. The number of hydrogen-bond acceptors (Lipinski definition) is 5. The van der Waals surface area contributed by atoms with E-state index < -0.39 is 48.0 Å². The second-order valence-electron chi connectivity index (χ2n) is 10.4. The number of aromatic nitrogens is 1. The molecule has 232 valence electrons. The van der Waals surface area contributed by atoms with Gasteiger partial charge >= 0.3 is 6.18 Å². The largest absolute Gasteiger partial charge is 0.416 e. The van der Waals surface area contributed by atoms with E-state index in [0.29, 0.717) is 5.56 Å². The Morgan fingerprint density at radius 1 is 0.800 bits per heavy atom. The molecule has 0 bridgehead atoms. The molecule has 0 radical (unpaired) electrons. The minimum absolute atomic E-state index is 0.0276. The predicted molar refractivity (Wildman–Crippen MR) is 162 cm³/mol. The highest BCUT2D eigenvalue weighted by molar-refractivity contribution is 5.99. The number of rotatable bonds is 12. The molecule has 0 saturated carbocycles. The molecule has 11 heteroatoms. The molecule has 0 fully saturated rings. The number of carbonyl (C=O) groups excluding carboxylic acids is 4. The first-order valence-corrected chi connectivity index (χ1v) is 14.1. The van der Waals surface area contributed by atoms with E-state index in [9.17, 15) is 32.3 Å². The molecule has 1 aromatic heterocycles. The fraction of sp³-hybridized carbons (Fsp3) is 0.206. The number of ketones is 1. The number of hydrogen-bond donors (Lipinski definition) is 3. The van der Waals surface area contributed by atoms with Gasteiger partial charge < -0.3 is 16.0 Å². The number of carbonyl (C=O) groups is 4. The first kappa shape index (κ1) is 32.6. The van der Waals surface area contributed by atoms with Crippen LogP contribution >= 0.6 is 0 Å². The third kappa shape index (κ3) is 9.59. The molecule has 3 aromatic carbocycles. The van der Waals surface area contributed by atoms with Crippen molar-refractivity contribution in [1.29, 1.82) is 0 Å². The highest BCUT2D eigenvalue weighted by Gasteiger charge is 2.30. The van der Waals surface area contributed by atoms with Crippen LogP contribution in [0.1, 0.15) is 34.0 Å². The Balaban J connectivity index is 1.34. The van der Waals surface area contributed by atoms with Crippen molar-refractivity contribution >= 4 is 23.5 Å². The Kier molecular flexibility index (Phi) is 10.8. The molecule has 0 aliphatic carbocycles. The maximum absolute atomic E-state index is 13.1. The molecule has 4 rings (SSSR count). The van der Waals surface area contributed by atoms with Gasteiger partial charge in [-0.05, 0) is 60.5 Å². The zero-order valence-corrected chi connectivity index (χ0v) is 24.3. The Labute approximate surface area is 258 Å². The zero-order valence-electron chi connectivity index (χ0n) is 24.3. The quantitative estimate of drug-likeness (QED) is 0.216. The average Bonchev–Trinajstić information content (AvgIpc) is 3.03. The summed E-state index contributed by atoms with van der Waals surface area (Å²) in [5.74, 6) is -2.27. The average molecular weight is 617 g/mol. The number of benzene rings is 3. The van der Waals surface area contributed by atoms with Gasteiger partial charge in [0.25, 0.3) is 5.91 Å². The van der Waals surface area contributed by atoms with Crippen molar-refractivity contribution in [2.45, 2.75) is 38.0 Å². The number of alkyl halides is 3. The van der Waals surface area contributed by atoms with Crippen LogP contribution in [0.4, 0.5) is 13.2 Å². The second-order valence-corrected chi connectivity index (χ2v) is 10.4. The summed E-state index contributed by atoms with van der Waals surface area (Å²) >= 11 is 0. The van der Waals surface area contributed by atoms with Crippen LogP contribution in [-0.4, -0.2) is 47.1 Å². The Morgan fingerprint density at radius 3 is 2.16 bits per heavy atom. The van der Waals surface area contributed by atoms with E-state index in [2.05, 4.69) is 20.9 Å². The predicted octanol–water partition coefficient (Wildman–Crippen LogP) is 4.54. The summed E-state index contributed by atoms with van der Waals surface area (Å²) in [6.45, 7) is 1.08. The van der Waals surface area contributed by atoms with Crippen LogP contribution in [0, 0.1) is 0 Å². The third-order valence-corrected chi connectivity index (χ3v) is 6.93. The summed E-state index contributed by atoms with van der Waals surface area (Å²) in [6.07, 6.45) is -2.78.